The molecule has 104 valence electrons. The lowest BCUT2D eigenvalue weighted by Crippen LogP contribution is -2.40. The van der Waals surface area contributed by atoms with Crippen LogP contribution >= 0.6 is 0 Å². The molecule has 0 heterocycles. The van der Waals surface area contributed by atoms with Gasteiger partial charge in [0.25, 0.3) is 0 Å². The van der Waals surface area contributed by atoms with Crippen molar-refractivity contribution >= 4 is 12.0 Å². The third-order valence-corrected chi connectivity index (χ3v) is 2.68. The van der Waals surface area contributed by atoms with Crippen LogP contribution in [0.25, 0.3) is 0 Å². The molecule has 1 aliphatic rings. The lowest BCUT2D eigenvalue weighted by molar-refractivity contribution is -0.128. The Balaban J connectivity index is 2.50. The van der Waals surface area contributed by atoms with E-state index in [1.54, 1.807) is 23.9 Å². The number of rotatable bonds is 4. The Hall–Kier alpha value is -1.26. The van der Waals surface area contributed by atoms with Gasteiger partial charge in [0.1, 0.15) is 5.60 Å². The van der Waals surface area contributed by atoms with E-state index in [0.717, 1.165) is 12.8 Å². The zero-order valence-corrected chi connectivity index (χ0v) is 12.0. The largest absolute Gasteiger partial charge is 0.444 e. The number of amides is 2. The number of hydrogen-bond donors (Lipinski definition) is 0. The van der Waals surface area contributed by atoms with Crippen molar-refractivity contribution in [3.63, 3.8) is 0 Å². The molecule has 0 aromatic carbocycles. The van der Waals surface area contributed by atoms with Gasteiger partial charge in [-0.3, -0.25) is 4.79 Å². The Morgan fingerprint density at radius 1 is 1.22 bits per heavy atom. The third kappa shape index (κ3) is 4.94. The number of carbonyl (C=O) groups is 2. The molecule has 1 saturated carbocycles. The Kier molecular flexibility index (Phi) is 4.59. The fourth-order valence-electron chi connectivity index (χ4n) is 1.57. The second-order valence-corrected chi connectivity index (χ2v) is 5.94. The van der Waals surface area contributed by atoms with Crippen LogP contribution < -0.4 is 0 Å². The summed E-state index contributed by atoms with van der Waals surface area (Å²) in [5, 5.41) is 0. The van der Waals surface area contributed by atoms with Crippen LogP contribution in [-0.2, 0) is 9.53 Å². The molecule has 0 aromatic heterocycles. The molecular weight excluding hydrogens is 232 g/mol. The van der Waals surface area contributed by atoms with Crippen molar-refractivity contribution in [1.29, 1.82) is 0 Å². The lowest BCUT2D eigenvalue weighted by Gasteiger charge is -2.27. The summed E-state index contributed by atoms with van der Waals surface area (Å²) in [7, 11) is 3.44. The Morgan fingerprint density at radius 2 is 1.78 bits per heavy atom. The average molecular weight is 256 g/mol. The fourth-order valence-corrected chi connectivity index (χ4v) is 1.57. The molecule has 1 aliphatic carbocycles. The standard InChI is InChI=1S/C13H24N2O3/c1-13(2,3)18-12(17)15(10-6-7-10)9-8-11(16)14(4)5/h10H,6-9H2,1-5H3. The highest BCUT2D eigenvalue weighted by atomic mass is 16.6. The molecule has 18 heavy (non-hydrogen) atoms. The molecule has 0 radical (unpaired) electrons. The lowest BCUT2D eigenvalue weighted by atomic mass is 10.2. The number of carbonyl (C=O) groups excluding carboxylic acids is 2. The quantitative estimate of drug-likeness (QED) is 0.771. The summed E-state index contributed by atoms with van der Waals surface area (Å²) in [6, 6.07) is 0.259. The van der Waals surface area contributed by atoms with Gasteiger partial charge < -0.3 is 14.5 Å². The molecule has 0 atom stereocenters. The SMILES string of the molecule is CN(C)C(=O)CCN(C(=O)OC(C)(C)C)C1CC1. The van der Waals surface area contributed by atoms with Gasteiger partial charge in [-0.1, -0.05) is 0 Å². The van der Waals surface area contributed by atoms with Gasteiger partial charge in [0.05, 0.1) is 0 Å². The highest BCUT2D eigenvalue weighted by Crippen LogP contribution is 2.28. The van der Waals surface area contributed by atoms with E-state index in [-0.39, 0.29) is 18.0 Å². The van der Waals surface area contributed by atoms with Crippen molar-refractivity contribution in [3.05, 3.63) is 0 Å². The fraction of sp³-hybridized carbons (Fsp3) is 0.846. The van der Waals surface area contributed by atoms with Gasteiger partial charge in [0.15, 0.2) is 0 Å². The predicted molar refractivity (Wildman–Crippen MR) is 69.3 cm³/mol. The first-order valence-electron chi connectivity index (χ1n) is 6.40. The molecule has 0 saturated heterocycles. The molecule has 0 bridgehead atoms. The molecule has 0 aliphatic heterocycles. The summed E-state index contributed by atoms with van der Waals surface area (Å²) in [4.78, 5) is 26.8. The summed E-state index contributed by atoms with van der Waals surface area (Å²) in [5.74, 6) is 0.0317. The van der Waals surface area contributed by atoms with Crippen molar-refractivity contribution in [2.24, 2.45) is 0 Å². The van der Waals surface area contributed by atoms with E-state index in [1.165, 1.54) is 0 Å². The van der Waals surface area contributed by atoms with E-state index >= 15 is 0 Å². The van der Waals surface area contributed by atoms with Crippen LogP contribution in [0.2, 0.25) is 0 Å². The van der Waals surface area contributed by atoms with Gasteiger partial charge in [-0.25, -0.2) is 4.79 Å². The van der Waals surface area contributed by atoms with Crippen LogP contribution in [0.3, 0.4) is 0 Å². The number of hydrogen-bond acceptors (Lipinski definition) is 3. The smallest absolute Gasteiger partial charge is 0.410 e. The minimum Gasteiger partial charge on any atom is -0.444 e. The molecule has 0 spiro atoms. The van der Waals surface area contributed by atoms with Crippen molar-refractivity contribution < 1.29 is 14.3 Å². The molecule has 1 rings (SSSR count). The van der Waals surface area contributed by atoms with Gasteiger partial charge in [-0.05, 0) is 33.6 Å². The van der Waals surface area contributed by atoms with E-state index in [2.05, 4.69) is 0 Å². The van der Waals surface area contributed by atoms with Gasteiger partial charge in [-0.2, -0.15) is 0 Å². The van der Waals surface area contributed by atoms with Crippen LogP contribution in [0.5, 0.6) is 0 Å². The second-order valence-electron chi connectivity index (χ2n) is 5.94. The topological polar surface area (TPSA) is 49.9 Å². The van der Waals surface area contributed by atoms with Crippen LogP contribution in [0.15, 0.2) is 0 Å². The van der Waals surface area contributed by atoms with E-state index < -0.39 is 5.60 Å². The third-order valence-electron chi connectivity index (χ3n) is 2.68. The molecule has 0 N–H and O–H groups in total. The Labute approximate surface area is 109 Å². The van der Waals surface area contributed by atoms with Gasteiger partial charge >= 0.3 is 6.09 Å². The maximum absolute atomic E-state index is 12.0. The molecule has 5 heteroatoms. The van der Waals surface area contributed by atoms with Crippen LogP contribution in [0.4, 0.5) is 4.79 Å². The minimum absolute atomic E-state index is 0.0317. The first kappa shape index (κ1) is 14.8. The highest BCUT2D eigenvalue weighted by molar-refractivity contribution is 5.76. The van der Waals surface area contributed by atoms with Gasteiger partial charge in [-0.15, -0.1) is 0 Å². The molecule has 0 unspecified atom stereocenters. The highest BCUT2D eigenvalue weighted by Gasteiger charge is 2.35. The Bertz CT molecular complexity index is 317. The van der Waals surface area contributed by atoms with E-state index in [1.807, 2.05) is 20.8 Å². The maximum Gasteiger partial charge on any atom is 0.410 e. The first-order valence-corrected chi connectivity index (χ1v) is 6.40. The van der Waals surface area contributed by atoms with Crippen molar-refractivity contribution in [1.82, 2.24) is 9.80 Å². The van der Waals surface area contributed by atoms with Gasteiger partial charge in [0, 0.05) is 33.1 Å². The average Bonchev–Trinajstić information content (AvgIpc) is 2.98. The van der Waals surface area contributed by atoms with Crippen molar-refractivity contribution in [2.75, 3.05) is 20.6 Å². The summed E-state index contributed by atoms with van der Waals surface area (Å²) >= 11 is 0. The Morgan fingerprint density at radius 3 is 2.17 bits per heavy atom. The van der Waals surface area contributed by atoms with E-state index in [9.17, 15) is 9.59 Å². The molecule has 5 nitrogen and oxygen atoms in total. The molecule has 2 amide bonds. The van der Waals surface area contributed by atoms with Crippen molar-refractivity contribution in [3.8, 4) is 0 Å². The summed E-state index contributed by atoms with van der Waals surface area (Å²) < 4.78 is 5.36. The summed E-state index contributed by atoms with van der Waals surface area (Å²) in [6.45, 7) is 5.99. The molecule has 1 fully saturated rings. The van der Waals surface area contributed by atoms with E-state index in [0.29, 0.717) is 13.0 Å². The minimum atomic E-state index is -0.490. The summed E-state index contributed by atoms with van der Waals surface area (Å²) in [6.07, 6.45) is 2.06. The normalized spacial score (nSPS) is 15.2. The summed E-state index contributed by atoms with van der Waals surface area (Å²) in [5.41, 5.74) is -0.490. The molecular formula is C13H24N2O3. The van der Waals surface area contributed by atoms with Crippen LogP contribution in [0.1, 0.15) is 40.0 Å². The first-order chi connectivity index (χ1) is 8.20. The van der Waals surface area contributed by atoms with Crippen molar-refractivity contribution in [2.45, 2.75) is 51.7 Å². The molecule has 0 aromatic rings. The zero-order valence-electron chi connectivity index (χ0n) is 12.0. The van der Waals surface area contributed by atoms with Crippen LogP contribution in [0, 0.1) is 0 Å². The maximum atomic E-state index is 12.0. The van der Waals surface area contributed by atoms with Crippen LogP contribution in [-0.4, -0.2) is 54.1 Å². The number of ether oxygens (including phenoxy) is 1. The number of nitrogens with zero attached hydrogens (tertiary/aromatic N) is 2. The second kappa shape index (κ2) is 5.59. The van der Waals surface area contributed by atoms with Gasteiger partial charge in [0.2, 0.25) is 5.91 Å². The van der Waals surface area contributed by atoms with E-state index in [4.69, 9.17) is 4.74 Å². The zero-order chi connectivity index (χ0) is 13.9. The predicted octanol–water partition coefficient (Wildman–Crippen LogP) is 1.86. The monoisotopic (exact) mass is 256 g/mol.